The quantitative estimate of drug-likeness (QED) is 0.767. The fraction of sp³-hybridized carbons (Fsp3) is 0.667. The molecule has 2 N–H and O–H groups in total. The molecule has 0 unspecified atom stereocenters. The fourth-order valence-corrected chi connectivity index (χ4v) is 2.69. The summed E-state index contributed by atoms with van der Waals surface area (Å²) in [6, 6.07) is -0.540. The average Bonchev–Trinajstić information content (AvgIpc) is 2.33. The van der Waals surface area contributed by atoms with Crippen molar-refractivity contribution >= 4 is 12.0 Å². The molecular formula is C12H18N2O3. The number of carbonyl (C=O) groups excluding carboxylic acids is 1. The van der Waals surface area contributed by atoms with Crippen LogP contribution in [0.4, 0.5) is 4.79 Å². The minimum Gasteiger partial charge on any atom is -0.478 e. The zero-order valence-electron chi connectivity index (χ0n) is 9.98. The van der Waals surface area contributed by atoms with Gasteiger partial charge in [0, 0.05) is 13.2 Å². The number of carboxylic acid groups (broad SMARTS) is 1. The van der Waals surface area contributed by atoms with Crippen molar-refractivity contribution in [1.29, 1.82) is 0 Å². The lowest BCUT2D eigenvalue weighted by Crippen LogP contribution is -2.51. The van der Waals surface area contributed by atoms with Gasteiger partial charge in [0.05, 0.1) is 11.6 Å². The molecule has 1 fully saturated rings. The predicted molar refractivity (Wildman–Crippen MR) is 62.4 cm³/mol. The Morgan fingerprint density at radius 1 is 1.41 bits per heavy atom. The molecule has 0 aromatic carbocycles. The van der Waals surface area contributed by atoms with Crippen molar-refractivity contribution < 1.29 is 14.7 Å². The molecule has 1 saturated carbocycles. The van der Waals surface area contributed by atoms with Crippen LogP contribution in [-0.2, 0) is 4.79 Å². The number of hydrogen-bond donors (Lipinski definition) is 2. The van der Waals surface area contributed by atoms with Crippen molar-refractivity contribution in [3.63, 3.8) is 0 Å². The average molecular weight is 238 g/mol. The van der Waals surface area contributed by atoms with E-state index in [4.69, 9.17) is 0 Å². The summed E-state index contributed by atoms with van der Waals surface area (Å²) in [6.45, 7) is 0. The first-order chi connectivity index (χ1) is 8.09. The number of carbonyl (C=O) groups is 2. The van der Waals surface area contributed by atoms with Gasteiger partial charge in [-0.15, -0.1) is 0 Å². The smallest absolute Gasteiger partial charge is 0.335 e. The minimum atomic E-state index is -0.938. The summed E-state index contributed by atoms with van der Waals surface area (Å²) in [6.07, 6.45) is 6.90. The summed E-state index contributed by atoms with van der Waals surface area (Å²) >= 11 is 0. The molecule has 5 heteroatoms. The van der Waals surface area contributed by atoms with Crippen LogP contribution in [0.3, 0.4) is 0 Å². The number of hydrogen-bond acceptors (Lipinski definition) is 2. The van der Waals surface area contributed by atoms with Crippen LogP contribution in [0.2, 0.25) is 0 Å². The number of carboxylic acids is 1. The summed E-state index contributed by atoms with van der Waals surface area (Å²) in [4.78, 5) is 24.1. The Hall–Kier alpha value is -1.52. The van der Waals surface area contributed by atoms with Crippen molar-refractivity contribution in [1.82, 2.24) is 10.2 Å². The zero-order valence-corrected chi connectivity index (χ0v) is 9.98. The van der Waals surface area contributed by atoms with Crippen LogP contribution in [0.5, 0.6) is 0 Å². The molecule has 0 aromatic rings. The van der Waals surface area contributed by atoms with E-state index in [1.807, 2.05) is 0 Å². The molecule has 94 valence electrons. The lowest BCUT2D eigenvalue weighted by Gasteiger charge is -2.35. The van der Waals surface area contributed by atoms with E-state index in [0.29, 0.717) is 5.57 Å². The van der Waals surface area contributed by atoms with Gasteiger partial charge in [-0.2, -0.15) is 0 Å². The lowest BCUT2D eigenvalue weighted by atomic mass is 9.80. The Kier molecular flexibility index (Phi) is 3.36. The number of amides is 2. The number of urea groups is 1. The maximum Gasteiger partial charge on any atom is 0.335 e. The topological polar surface area (TPSA) is 69.6 Å². The highest BCUT2D eigenvalue weighted by atomic mass is 16.4. The summed E-state index contributed by atoms with van der Waals surface area (Å²) in [5, 5.41) is 12.0. The van der Waals surface area contributed by atoms with Gasteiger partial charge in [-0.05, 0) is 18.8 Å². The Morgan fingerprint density at radius 2 is 2.06 bits per heavy atom. The van der Waals surface area contributed by atoms with Crippen LogP contribution in [-0.4, -0.2) is 35.1 Å². The Balaban J connectivity index is 2.21. The van der Waals surface area contributed by atoms with E-state index in [2.05, 4.69) is 5.32 Å². The van der Waals surface area contributed by atoms with E-state index in [1.54, 1.807) is 7.05 Å². The van der Waals surface area contributed by atoms with Gasteiger partial charge in [-0.3, -0.25) is 0 Å². The second kappa shape index (κ2) is 4.77. The third-order valence-electron chi connectivity index (χ3n) is 3.64. The van der Waals surface area contributed by atoms with Crippen molar-refractivity contribution in [2.75, 3.05) is 7.05 Å². The van der Waals surface area contributed by atoms with Crippen LogP contribution < -0.4 is 5.32 Å². The molecule has 1 aliphatic carbocycles. The van der Waals surface area contributed by atoms with Crippen molar-refractivity contribution in [2.45, 2.75) is 38.1 Å². The number of aliphatic carboxylic acids is 1. The highest BCUT2D eigenvalue weighted by molar-refractivity contribution is 5.92. The molecule has 0 radical (unpaired) electrons. The predicted octanol–water partition coefficient (Wildman–Crippen LogP) is 1.56. The standard InChI is InChI=1S/C12H18N2O3/c1-14-7-9(11(15)16)10(13-12(14)17)8-5-3-2-4-6-8/h7-8,10H,2-6H2,1H3,(H,13,17)(H,15,16)/t10-/m1/s1. The van der Waals surface area contributed by atoms with E-state index in [0.717, 1.165) is 25.7 Å². The molecule has 1 heterocycles. The van der Waals surface area contributed by atoms with Gasteiger partial charge >= 0.3 is 12.0 Å². The summed E-state index contributed by atoms with van der Waals surface area (Å²) in [5.41, 5.74) is 0.305. The summed E-state index contributed by atoms with van der Waals surface area (Å²) in [5.74, 6) is -0.670. The molecule has 0 bridgehead atoms. The number of nitrogens with zero attached hydrogens (tertiary/aromatic N) is 1. The van der Waals surface area contributed by atoms with Crippen molar-refractivity contribution in [3.8, 4) is 0 Å². The van der Waals surface area contributed by atoms with Gasteiger partial charge in [-0.25, -0.2) is 9.59 Å². The molecule has 2 aliphatic rings. The third kappa shape index (κ3) is 2.43. The first-order valence-electron chi connectivity index (χ1n) is 6.08. The highest BCUT2D eigenvalue weighted by Crippen LogP contribution is 2.30. The maximum atomic E-state index is 11.6. The van der Waals surface area contributed by atoms with Crippen molar-refractivity contribution in [3.05, 3.63) is 11.8 Å². The van der Waals surface area contributed by atoms with Crippen LogP contribution in [0.25, 0.3) is 0 Å². The van der Waals surface area contributed by atoms with Crippen molar-refractivity contribution in [2.24, 2.45) is 5.92 Å². The highest BCUT2D eigenvalue weighted by Gasteiger charge is 2.35. The van der Waals surface area contributed by atoms with Gasteiger partial charge in [-0.1, -0.05) is 19.3 Å². The van der Waals surface area contributed by atoms with Gasteiger partial charge in [0.25, 0.3) is 0 Å². The number of rotatable bonds is 2. The zero-order chi connectivity index (χ0) is 12.4. The molecule has 1 aliphatic heterocycles. The van der Waals surface area contributed by atoms with E-state index in [9.17, 15) is 14.7 Å². The second-order valence-electron chi connectivity index (χ2n) is 4.83. The SMILES string of the molecule is CN1C=C(C(=O)O)[C@@H](C2CCCCC2)NC1=O. The fourth-order valence-electron chi connectivity index (χ4n) is 2.69. The summed E-state index contributed by atoms with van der Waals surface area (Å²) < 4.78 is 0. The molecule has 0 saturated heterocycles. The molecular weight excluding hydrogens is 220 g/mol. The molecule has 2 rings (SSSR count). The molecule has 0 aromatic heterocycles. The van der Waals surface area contributed by atoms with Gasteiger partial charge in [0.2, 0.25) is 0 Å². The Labute approximate surface area is 100 Å². The first kappa shape index (κ1) is 12.0. The molecule has 1 atom stereocenters. The lowest BCUT2D eigenvalue weighted by molar-refractivity contribution is -0.133. The summed E-state index contributed by atoms with van der Waals surface area (Å²) in [7, 11) is 1.56. The molecule has 5 nitrogen and oxygen atoms in total. The minimum absolute atomic E-state index is 0.217. The van der Waals surface area contributed by atoms with E-state index < -0.39 is 5.97 Å². The first-order valence-corrected chi connectivity index (χ1v) is 6.08. The van der Waals surface area contributed by atoms with Crippen LogP contribution >= 0.6 is 0 Å². The number of nitrogens with one attached hydrogen (secondary N) is 1. The largest absolute Gasteiger partial charge is 0.478 e. The van der Waals surface area contributed by atoms with Gasteiger partial charge < -0.3 is 15.3 Å². The van der Waals surface area contributed by atoms with E-state index in [1.165, 1.54) is 17.5 Å². The Morgan fingerprint density at radius 3 is 2.65 bits per heavy atom. The molecule has 17 heavy (non-hydrogen) atoms. The third-order valence-corrected chi connectivity index (χ3v) is 3.64. The van der Waals surface area contributed by atoms with Crippen LogP contribution in [0.1, 0.15) is 32.1 Å². The second-order valence-corrected chi connectivity index (χ2v) is 4.83. The van der Waals surface area contributed by atoms with Crippen LogP contribution in [0.15, 0.2) is 11.8 Å². The Bertz CT molecular complexity index is 359. The maximum absolute atomic E-state index is 11.6. The van der Waals surface area contributed by atoms with Crippen LogP contribution in [0, 0.1) is 5.92 Å². The van der Waals surface area contributed by atoms with E-state index in [-0.39, 0.29) is 18.0 Å². The van der Waals surface area contributed by atoms with E-state index >= 15 is 0 Å². The van der Waals surface area contributed by atoms with Gasteiger partial charge in [0.15, 0.2) is 0 Å². The normalized spacial score (nSPS) is 26.4. The molecule has 0 spiro atoms. The molecule has 2 amide bonds. The monoisotopic (exact) mass is 238 g/mol. The van der Waals surface area contributed by atoms with Gasteiger partial charge in [0.1, 0.15) is 0 Å².